The standard InChI is InChI=1S/C37H37N7O9S.C7H8O3S/c1-2-42-17-18-43(33(48)32(42)47)37(51)41-26(21-13-15-25(38)16-14-21)30(45)40-27-31(46)44-28(24(19-52-36(39)50)20-54-34(27)44)35(49)53-29(22-9-5-3-6-10-22)23-11-7-4-8-12-23;1-6-2-4-7(5-3-6)11(8,9)10/h3-16,26-27,29,34H,2,17-20,38H2,1H3,(H2,39,50)(H,40,45)(H,41,51);2-5H,1H3,(H,8,9,10)/t26-,27-,34+;/m1./s1. The van der Waals surface area contributed by atoms with E-state index in [4.69, 9.17) is 25.5 Å². The molecule has 0 saturated carbocycles. The van der Waals surface area contributed by atoms with Crippen LogP contribution in [-0.2, 0) is 43.6 Å². The Hall–Kier alpha value is -7.23. The molecule has 3 heterocycles. The van der Waals surface area contributed by atoms with Crippen molar-refractivity contribution < 1.29 is 56.0 Å². The SMILES string of the molecule is CCN1CCN(C(=O)N[C@@H](C(=O)N[C@@H]2C(=O)N3C(C(=O)OC(c4ccccc4)c4ccccc4)=C(COC(N)=O)CS[C@@H]23)c2ccc(N)cc2)C(=O)C1=O.Cc1ccc(S(=O)(=O)O)cc1. The van der Waals surface area contributed by atoms with Gasteiger partial charge < -0.3 is 36.5 Å². The third kappa shape index (κ3) is 11.1. The van der Waals surface area contributed by atoms with Gasteiger partial charge in [0.05, 0.1) is 4.90 Å². The number of rotatable bonds is 12. The van der Waals surface area contributed by atoms with Gasteiger partial charge in [-0.25, -0.2) is 14.4 Å². The Balaban J connectivity index is 0.000000557. The molecular formula is C44H45N7O12S2. The number of piperazine rings is 1. The van der Waals surface area contributed by atoms with Crippen LogP contribution in [0.1, 0.15) is 41.3 Å². The van der Waals surface area contributed by atoms with Crippen molar-refractivity contribution in [2.75, 3.05) is 37.7 Å². The summed E-state index contributed by atoms with van der Waals surface area (Å²) in [5.41, 5.74) is 14.2. The van der Waals surface area contributed by atoms with E-state index in [0.717, 1.165) is 10.5 Å². The monoisotopic (exact) mass is 927 g/mol. The fraction of sp³-hybridized carbons (Fsp3) is 0.250. The molecule has 21 heteroatoms. The van der Waals surface area contributed by atoms with Crippen molar-refractivity contribution in [1.82, 2.24) is 25.3 Å². The Morgan fingerprint density at radius 1 is 0.846 bits per heavy atom. The number of benzene rings is 4. The molecule has 4 aromatic rings. The second-order valence-corrected chi connectivity index (χ2v) is 17.3. The molecule has 3 aliphatic rings. The van der Waals surface area contributed by atoms with E-state index in [9.17, 15) is 42.0 Å². The van der Waals surface area contributed by atoms with E-state index in [-0.39, 0.29) is 53.7 Å². The van der Waals surface area contributed by atoms with Gasteiger partial charge in [-0.15, -0.1) is 11.8 Å². The zero-order valence-corrected chi connectivity index (χ0v) is 36.6. The predicted molar refractivity (Wildman–Crippen MR) is 235 cm³/mol. The normalized spacial score (nSPS) is 17.5. The summed E-state index contributed by atoms with van der Waals surface area (Å²) in [7, 11) is -4.02. The maximum Gasteiger partial charge on any atom is 0.404 e. The number of primary amides is 1. The molecule has 7 rings (SSSR count). The summed E-state index contributed by atoms with van der Waals surface area (Å²) in [5, 5.41) is 4.42. The fourth-order valence-electron chi connectivity index (χ4n) is 7.00. The highest BCUT2D eigenvalue weighted by atomic mass is 32.2. The Bertz CT molecular complexity index is 2560. The maximum absolute atomic E-state index is 14.1. The first-order chi connectivity index (χ1) is 31.0. The van der Waals surface area contributed by atoms with Crippen molar-refractivity contribution in [1.29, 1.82) is 0 Å². The van der Waals surface area contributed by atoms with Crippen LogP contribution in [0, 0.1) is 6.92 Å². The Labute approximate surface area is 377 Å². The Morgan fingerprint density at radius 2 is 1.45 bits per heavy atom. The number of hydrogen-bond donors (Lipinski definition) is 5. The fourth-order valence-corrected chi connectivity index (χ4v) is 8.80. The number of ether oxygens (including phenoxy) is 2. The van der Waals surface area contributed by atoms with Crippen LogP contribution < -0.4 is 22.1 Å². The number of amides is 7. The molecule has 0 radical (unpaired) electrons. The highest BCUT2D eigenvalue weighted by Crippen LogP contribution is 2.42. The molecule has 0 unspecified atom stereocenters. The van der Waals surface area contributed by atoms with Gasteiger partial charge >= 0.3 is 29.9 Å². The average Bonchev–Trinajstić information content (AvgIpc) is 3.29. The number of anilines is 1. The summed E-state index contributed by atoms with van der Waals surface area (Å²) < 4.78 is 40.7. The van der Waals surface area contributed by atoms with Gasteiger partial charge in [0.15, 0.2) is 6.10 Å². The van der Waals surface area contributed by atoms with Gasteiger partial charge in [0.25, 0.3) is 16.0 Å². The van der Waals surface area contributed by atoms with E-state index >= 15 is 0 Å². The predicted octanol–water partition coefficient (Wildman–Crippen LogP) is 3.03. The van der Waals surface area contributed by atoms with Crippen LogP contribution in [0.5, 0.6) is 0 Å². The number of likely N-dealkylation sites (N-methyl/N-ethyl adjacent to an activating group) is 1. The summed E-state index contributed by atoms with van der Waals surface area (Å²) in [5.74, 6) is -4.11. The summed E-state index contributed by atoms with van der Waals surface area (Å²) >= 11 is 1.20. The van der Waals surface area contributed by atoms with E-state index in [1.807, 2.05) is 19.1 Å². The van der Waals surface area contributed by atoms with Gasteiger partial charge in [0, 0.05) is 36.6 Å². The topological polar surface area (TPSA) is 278 Å². The molecule has 2 saturated heterocycles. The van der Waals surface area contributed by atoms with Crippen LogP contribution in [0.4, 0.5) is 15.3 Å². The highest BCUT2D eigenvalue weighted by molar-refractivity contribution is 8.00. The van der Waals surface area contributed by atoms with E-state index in [1.54, 1.807) is 67.6 Å². The molecule has 0 aromatic heterocycles. The quantitative estimate of drug-likeness (QED) is 0.0449. The third-order valence-corrected chi connectivity index (χ3v) is 12.6. The number of nitrogens with one attached hydrogen (secondary N) is 2. The number of carbonyl (C=O) groups excluding carboxylic acids is 7. The van der Waals surface area contributed by atoms with Gasteiger partial charge in [-0.05, 0) is 54.8 Å². The van der Waals surface area contributed by atoms with Crippen LogP contribution in [0.15, 0.2) is 125 Å². The van der Waals surface area contributed by atoms with Crippen LogP contribution in [0.25, 0.3) is 0 Å². The largest absolute Gasteiger partial charge is 0.448 e. The first-order valence-corrected chi connectivity index (χ1v) is 22.5. The Morgan fingerprint density at radius 3 is 2.00 bits per heavy atom. The molecule has 4 aromatic carbocycles. The lowest BCUT2D eigenvalue weighted by atomic mass is 10.00. The number of nitrogens with zero attached hydrogens (tertiary/aromatic N) is 3. The summed E-state index contributed by atoms with van der Waals surface area (Å²) in [6, 6.07) is 26.5. The molecular weight excluding hydrogens is 883 g/mol. The number of aryl methyl sites for hydroxylation is 1. The number of thioether (sulfide) groups is 1. The second kappa shape index (κ2) is 20.5. The van der Waals surface area contributed by atoms with E-state index in [0.29, 0.717) is 16.8 Å². The number of nitrogen functional groups attached to an aromatic ring is 1. The van der Waals surface area contributed by atoms with Gasteiger partial charge in [-0.2, -0.15) is 8.42 Å². The number of urea groups is 1. The summed E-state index contributed by atoms with van der Waals surface area (Å²) in [6.45, 7) is 3.49. The first kappa shape index (κ1) is 47.3. The van der Waals surface area contributed by atoms with Crippen LogP contribution in [0.3, 0.4) is 0 Å². The molecule has 2 fully saturated rings. The smallest absolute Gasteiger partial charge is 0.404 e. The maximum atomic E-state index is 14.1. The van der Waals surface area contributed by atoms with Crippen molar-refractivity contribution in [3.8, 4) is 0 Å². The molecule has 65 heavy (non-hydrogen) atoms. The molecule has 340 valence electrons. The van der Waals surface area contributed by atoms with Crippen molar-refractivity contribution in [3.63, 3.8) is 0 Å². The second-order valence-electron chi connectivity index (χ2n) is 14.7. The molecule has 7 N–H and O–H groups in total. The minimum Gasteiger partial charge on any atom is -0.448 e. The summed E-state index contributed by atoms with van der Waals surface area (Å²) in [6.07, 6.45) is -1.94. The van der Waals surface area contributed by atoms with Crippen LogP contribution in [0.2, 0.25) is 0 Å². The highest BCUT2D eigenvalue weighted by Gasteiger charge is 2.55. The number of nitrogens with two attached hydrogens (primary N) is 2. The van der Waals surface area contributed by atoms with Crippen molar-refractivity contribution in [3.05, 3.63) is 143 Å². The van der Waals surface area contributed by atoms with Crippen molar-refractivity contribution in [2.45, 2.75) is 42.3 Å². The van der Waals surface area contributed by atoms with Gasteiger partial charge in [-0.3, -0.25) is 33.5 Å². The average molecular weight is 928 g/mol. The minimum absolute atomic E-state index is 0.0666. The van der Waals surface area contributed by atoms with E-state index < -0.39 is 75.4 Å². The lowest BCUT2D eigenvalue weighted by Gasteiger charge is -2.50. The van der Waals surface area contributed by atoms with Crippen LogP contribution >= 0.6 is 11.8 Å². The number of imide groups is 1. The van der Waals surface area contributed by atoms with Crippen molar-refractivity contribution >= 4 is 69.3 Å². The van der Waals surface area contributed by atoms with Gasteiger partial charge in [0.2, 0.25) is 5.91 Å². The molecule has 3 aliphatic heterocycles. The third-order valence-electron chi connectivity index (χ3n) is 10.4. The molecule has 3 atom stereocenters. The zero-order chi connectivity index (χ0) is 47.0. The van der Waals surface area contributed by atoms with Gasteiger partial charge in [0.1, 0.15) is 29.8 Å². The van der Waals surface area contributed by atoms with Crippen molar-refractivity contribution in [2.24, 2.45) is 5.73 Å². The minimum atomic E-state index is -4.02. The lowest BCUT2D eigenvalue weighted by molar-refractivity contribution is -0.155. The number of β-lactam (4-membered cyclic amide) rings is 1. The molecule has 0 aliphatic carbocycles. The van der Waals surface area contributed by atoms with E-state index in [2.05, 4.69) is 10.6 Å². The number of fused-ring (bicyclic) bond motifs is 1. The number of esters is 1. The van der Waals surface area contributed by atoms with Crippen LogP contribution in [-0.4, -0.2) is 113 Å². The number of carbonyl (C=O) groups is 7. The summed E-state index contributed by atoms with van der Waals surface area (Å²) in [4.78, 5) is 95.2. The van der Waals surface area contributed by atoms with E-state index in [1.165, 1.54) is 58.0 Å². The molecule has 0 spiro atoms. The molecule has 19 nitrogen and oxygen atoms in total. The zero-order valence-electron chi connectivity index (χ0n) is 35.0. The molecule has 7 amide bonds. The van der Waals surface area contributed by atoms with Gasteiger partial charge in [-0.1, -0.05) is 90.5 Å². The Kier molecular flexibility index (Phi) is 14.9. The number of hydrogen-bond acceptors (Lipinski definition) is 13. The molecule has 0 bridgehead atoms. The first-order valence-electron chi connectivity index (χ1n) is 20.0. The lowest BCUT2D eigenvalue weighted by Crippen LogP contribution is -2.71.